The van der Waals surface area contributed by atoms with E-state index in [-0.39, 0.29) is 17.7 Å². The van der Waals surface area contributed by atoms with Crippen molar-refractivity contribution >= 4 is 28.9 Å². The first-order chi connectivity index (χ1) is 12.8. The Balaban J connectivity index is 1.73. The number of fused-ring (bicyclic) bond motifs is 1. The van der Waals surface area contributed by atoms with E-state index in [4.69, 9.17) is 4.74 Å². The molecule has 0 amide bonds. The summed E-state index contributed by atoms with van der Waals surface area (Å²) in [5.41, 5.74) is 3.37. The molecule has 7 heteroatoms. The number of aromatic nitrogens is 3. The number of carbonyl (C=O) groups excluding carboxylic acids is 1. The van der Waals surface area contributed by atoms with Gasteiger partial charge in [-0.2, -0.15) is 0 Å². The Morgan fingerprint density at radius 1 is 1.12 bits per heavy atom. The number of nitrogens with zero attached hydrogens (tertiary/aromatic N) is 3. The van der Waals surface area contributed by atoms with Gasteiger partial charge in [0, 0.05) is 22.9 Å². The van der Waals surface area contributed by atoms with Crippen LogP contribution in [0.15, 0.2) is 64.9 Å². The van der Waals surface area contributed by atoms with E-state index in [9.17, 15) is 9.59 Å². The molecule has 0 atom stereocenters. The van der Waals surface area contributed by atoms with Gasteiger partial charge in [0.05, 0.1) is 11.7 Å². The molecule has 6 nitrogen and oxygen atoms in total. The van der Waals surface area contributed by atoms with Gasteiger partial charge in [-0.05, 0) is 29.2 Å². The fourth-order valence-corrected chi connectivity index (χ4v) is 3.32. The van der Waals surface area contributed by atoms with Crippen LogP contribution in [0.1, 0.15) is 5.56 Å². The molecule has 0 spiro atoms. The summed E-state index contributed by atoms with van der Waals surface area (Å²) in [6.45, 7) is 0.804. The molecule has 0 bridgehead atoms. The lowest BCUT2D eigenvalue weighted by atomic mass is 10.1. The van der Waals surface area contributed by atoms with Gasteiger partial charge in [0.25, 0.3) is 6.47 Å². The first-order valence-corrected chi connectivity index (χ1v) is 8.69. The lowest BCUT2D eigenvalue weighted by Crippen LogP contribution is -2.13. The number of hydrogen-bond donors (Lipinski definition) is 0. The van der Waals surface area contributed by atoms with Gasteiger partial charge in [0.15, 0.2) is 5.75 Å². The van der Waals surface area contributed by atoms with Gasteiger partial charge in [-0.3, -0.25) is 9.59 Å². The Morgan fingerprint density at radius 2 is 1.92 bits per heavy atom. The van der Waals surface area contributed by atoms with Gasteiger partial charge in [-0.15, -0.1) is 5.10 Å². The Kier molecular flexibility index (Phi) is 4.28. The van der Waals surface area contributed by atoms with Crippen LogP contribution in [-0.4, -0.2) is 20.6 Å². The maximum atomic E-state index is 12.4. The second kappa shape index (κ2) is 6.89. The second-order valence-corrected chi connectivity index (χ2v) is 6.28. The monoisotopic (exact) mass is 363 g/mol. The van der Waals surface area contributed by atoms with E-state index < -0.39 is 0 Å². The van der Waals surface area contributed by atoms with E-state index in [1.54, 1.807) is 18.3 Å². The molecule has 2 aromatic heterocycles. The minimum atomic E-state index is -0.296. The Bertz CT molecular complexity index is 1120. The van der Waals surface area contributed by atoms with Crippen molar-refractivity contribution in [3.8, 4) is 17.0 Å². The molecular weight excluding hydrogens is 350 g/mol. The Labute approximate surface area is 152 Å². The lowest BCUT2D eigenvalue weighted by Gasteiger charge is -2.13. The van der Waals surface area contributed by atoms with Crippen LogP contribution in [0, 0.1) is 0 Å². The van der Waals surface area contributed by atoms with Crippen molar-refractivity contribution in [3.63, 3.8) is 0 Å². The maximum Gasteiger partial charge on any atom is 0.298 e. The molecule has 0 saturated carbocycles. The van der Waals surface area contributed by atoms with Crippen molar-refractivity contribution in [2.24, 2.45) is 0 Å². The summed E-state index contributed by atoms with van der Waals surface area (Å²) in [6.07, 6.45) is 1.57. The van der Waals surface area contributed by atoms with Crippen LogP contribution >= 0.6 is 11.5 Å². The first-order valence-electron chi connectivity index (χ1n) is 7.85. The fraction of sp³-hybridized carbons (Fsp3) is 0.0526. The highest BCUT2D eigenvalue weighted by molar-refractivity contribution is 7.03. The molecule has 0 saturated heterocycles. The van der Waals surface area contributed by atoms with Gasteiger partial charge >= 0.3 is 0 Å². The standard InChI is InChI=1S/C19H13N3O3S/c23-12-25-18-10-22(17-4-2-1-3-15(17)19(18)24)9-13-5-7-14(8-6-13)16-11-26-21-20-16/h1-8,10-12H,9H2. The zero-order valence-corrected chi connectivity index (χ0v) is 14.3. The summed E-state index contributed by atoms with van der Waals surface area (Å²) < 4.78 is 10.6. The molecule has 0 fully saturated rings. The quantitative estimate of drug-likeness (QED) is 0.509. The van der Waals surface area contributed by atoms with E-state index in [2.05, 4.69) is 9.59 Å². The van der Waals surface area contributed by atoms with Crippen LogP contribution < -0.4 is 10.2 Å². The van der Waals surface area contributed by atoms with Crippen LogP contribution in [0.5, 0.6) is 5.75 Å². The largest absolute Gasteiger partial charge is 0.423 e. The number of benzene rings is 2. The van der Waals surface area contributed by atoms with Gasteiger partial charge < -0.3 is 9.30 Å². The molecule has 2 aromatic carbocycles. The van der Waals surface area contributed by atoms with Crippen molar-refractivity contribution in [1.82, 2.24) is 14.2 Å². The second-order valence-electron chi connectivity index (χ2n) is 5.67. The normalized spacial score (nSPS) is 10.8. The predicted molar refractivity (Wildman–Crippen MR) is 99.3 cm³/mol. The number of pyridine rings is 1. The topological polar surface area (TPSA) is 74.1 Å². The predicted octanol–water partition coefficient (Wildman–Crippen LogP) is 3.10. The van der Waals surface area contributed by atoms with Crippen molar-refractivity contribution in [2.75, 3.05) is 0 Å². The molecule has 0 aliphatic heterocycles. The molecular formula is C19H13N3O3S. The summed E-state index contributed by atoms with van der Waals surface area (Å²) in [5, 5.41) is 6.47. The van der Waals surface area contributed by atoms with Gasteiger partial charge in [-0.25, -0.2) is 0 Å². The molecule has 0 aliphatic carbocycles. The summed E-state index contributed by atoms with van der Waals surface area (Å²) in [6, 6.07) is 15.2. The average Bonchev–Trinajstić information content (AvgIpc) is 3.21. The zero-order valence-electron chi connectivity index (χ0n) is 13.5. The molecule has 0 N–H and O–H groups in total. The third-order valence-corrected chi connectivity index (χ3v) is 4.60. The van der Waals surface area contributed by atoms with Crippen molar-refractivity contribution < 1.29 is 9.53 Å². The molecule has 128 valence electrons. The zero-order chi connectivity index (χ0) is 17.9. The number of para-hydroxylation sites is 1. The summed E-state index contributed by atoms with van der Waals surface area (Å²) >= 11 is 1.31. The van der Waals surface area contributed by atoms with E-state index >= 15 is 0 Å². The van der Waals surface area contributed by atoms with E-state index in [0.717, 1.165) is 22.3 Å². The molecule has 4 rings (SSSR count). The van der Waals surface area contributed by atoms with Crippen LogP contribution in [0.3, 0.4) is 0 Å². The number of hydrogen-bond acceptors (Lipinski definition) is 6. The third kappa shape index (κ3) is 3.00. The highest BCUT2D eigenvalue weighted by Crippen LogP contribution is 2.20. The SMILES string of the molecule is O=COc1cn(Cc2ccc(-c3csnn3)cc2)c2ccccc2c1=O. The minimum Gasteiger partial charge on any atom is -0.423 e. The number of ether oxygens (including phenoxy) is 1. The molecule has 26 heavy (non-hydrogen) atoms. The van der Waals surface area contributed by atoms with Gasteiger partial charge in [0.2, 0.25) is 5.43 Å². The molecule has 0 radical (unpaired) electrons. The minimum absolute atomic E-state index is 0.0175. The van der Waals surface area contributed by atoms with Crippen molar-refractivity contribution in [1.29, 1.82) is 0 Å². The van der Waals surface area contributed by atoms with Crippen molar-refractivity contribution in [3.05, 3.63) is 75.9 Å². The lowest BCUT2D eigenvalue weighted by molar-refractivity contribution is -0.120. The molecule has 0 unspecified atom stereocenters. The smallest absolute Gasteiger partial charge is 0.298 e. The van der Waals surface area contributed by atoms with Crippen LogP contribution in [-0.2, 0) is 11.3 Å². The van der Waals surface area contributed by atoms with Crippen LogP contribution in [0.2, 0.25) is 0 Å². The highest BCUT2D eigenvalue weighted by Gasteiger charge is 2.10. The fourth-order valence-electron chi connectivity index (χ4n) is 2.85. The van der Waals surface area contributed by atoms with Gasteiger partial charge in [-0.1, -0.05) is 40.9 Å². The van der Waals surface area contributed by atoms with E-state index in [1.165, 1.54) is 11.5 Å². The summed E-state index contributed by atoms with van der Waals surface area (Å²) in [5.74, 6) is 0.0175. The van der Waals surface area contributed by atoms with E-state index in [1.807, 2.05) is 46.3 Å². The Hall–Kier alpha value is -3.32. The van der Waals surface area contributed by atoms with Crippen LogP contribution in [0.25, 0.3) is 22.2 Å². The number of rotatable bonds is 5. The first kappa shape index (κ1) is 16.2. The average molecular weight is 363 g/mol. The van der Waals surface area contributed by atoms with E-state index in [0.29, 0.717) is 11.9 Å². The number of carbonyl (C=O) groups is 1. The molecule has 4 aromatic rings. The third-order valence-electron chi connectivity index (χ3n) is 4.09. The maximum absolute atomic E-state index is 12.4. The molecule has 0 aliphatic rings. The summed E-state index contributed by atoms with van der Waals surface area (Å²) in [7, 11) is 0. The van der Waals surface area contributed by atoms with Crippen LogP contribution in [0.4, 0.5) is 0 Å². The summed E-state index contributed by atoms with van der Waals surface area (Å²) in [4.78, 5) is 23.1. The van der Waals surface area contributed by atoms with Crippen molar-refractivity contribution in [2.45, 2.75) is 6.54 Å². The van der Waals surface area contributed by atoms with Gasteiger partial charge in [0.1, 0.15) is 5.69 Å². The highest BCUT2D eigenvalue weighted by atomic mass is 32.1. The molecule has 2 heterocycles. The Morgan fingerprint density at radius 3 is 2.65 bits per heavy atom.